The fourth-order valence-electron chi connectivity index (χ4n) is 7.78. The summed E-state index contributed by atoms with van der Waals surface area (Å²) in [5.41, 5.74) is 9.94. The van der Waals surface area contributed by atoms with Crippen molar-refractivity contribution in [1.82, 2.24) is 0 Å². The summed E-state index contributed by atoms with van der Waals surface area (Å²) in [7, 11) is 0. The number of carboxylic acids is 1. The number of nitrogens with zero attached hydrogens (tertiary/aromatic N) is 2. The fraction of sp³-hybridized carbons (Fsp3) is 0.0189. The van der Waals surface area contributed by atoms with E-state index in [4.69, 9.17) is 11.3 Å². The minimum absolute atomic E-state index is 0.321. The Morgan fingerprint density at radius 3 is 1.67 bits per heavy atom. The van der Waals surface area contributed by atoms with Crippen LogP contribution in [0.4, 0.5) is 17.1 Å². The first-order valence-electron chi connectivity index (χ1n) is 19.0. The van der Waals surface area contributed by atoms with E-state index in [9.17, 15) is 9.90 Å². The molecule has 1 atom stereocenters. The van der Waals surface area contributed by atoms with Crippen molar-refractivity contribution in [3.8, 4) is 28.0 Å². The minimum atomic E-state index is -1.24. The van der Waals surface area contributed by atoms with Crippen molar-refractivity contribution in [2.24, 2.45) is 0 Å². The molecule has 8 aromatic carbocycles. The van der Waals surface area contributed by atoms with Crippen LogP contribution in [0.2, 0.25) is 0 Å². The Morgan fingerprint density at radius 1 is 0.586 bits per heavy atom. The summed E-state index contributed by atoms with van der Waals surface area (Å²) in [4.78, 5) is 16.7. The van der Waals surface area contributed by atoms with Gasteiger partial charge in [-0.2, -0.15) is 0 Å². The molecule has 0 aliphatic carbocycles. The van der Waals surface area contributed by atoms with Gasteiger partial charge in [0.15, 0.2) is 5.60 Å². The molecule has 0 saturated heterocycles. The van der Waals surface area contributed by atoms with E-state index in [0.717, 1.165) is 72.5 Å². The molecule has 0 bridgehead atoms. The van der Waals surface area contributed by atoms with Gasteiger partial charge in [-0.3, -0.25) is 4.79 Å². The second kappa shape index (κ2) is 15.3. The summed E-state index contributed by atoms with van der Waals surface area (Å²) < 4.78 is 7.30. The summed E-state index contributed by atoms with van der Waals surface area (Å²) in [5, 5.41) is 11.4. The predicted molar refractivity (Wildman–Crippen MR) is 235 cm³/mol. The van der Waals surface area contributed by atoms with Crippen molar-refractivity contribution in [2.75, 3.05) is 4.90 Å². The first-order valence-corrected chi connectivity index (χ1v) is 19.0. The summed E-state index contributed by atoms with van der Waals surface area (Å²) in [6.07, 6.45) is 5.74. The first kappa shape index (κ1) is 35.7. The highest BCUT2D eigenvalue weighted by Gasteiger charge is 2.38. The van der Waals surface area contributed by atoms with Crippen LogP contribution in [-0.4, -0.2) is 11.1 Å². The van der Waals surface area contributed by atoms with Crippen molar-refractivity contribution in [1.29, 1.82) is 0 Å². The molecular weight excluding hydrogens is 713 g/mol. The van der Waals surface area contributed by atoms with Gasteiger partial charge in [-0.15, -0.1) is 0 Å². The van der Waals surface area contributed by atoms with E-state index in [2.05, 4.69) is 161 Å². The van der Waals surface area contributed by atoms with E-state index in [1.54, 1.807) is 0 Å². The largest absolute Gasteiger partial charge is 0.486 e. The number of aliphatic carboxylic acids is 1. The van der Waals surface area contributed by atoms with E-state index in [1.165, 1.54) is 6.08 Å². The Balaban J connectivity index is 1.08. The lowest BCUT2D eigenvalue weighted by Crippen LogP contribution is -2.34. The van der Waals surface area contributed by atoms with Crippen LogP contribution in [0.1, 0.15) is 22.3 Å². The molecule has 1 aliphatic rings. The lowest BCUT2D eigenvalue weighted by Gasteiger charge is -2.37. The molecular formula is C53H36N2O3. The highest BCUT2D eigenvalue weighted by molar-refractivity contribution is 6.03. The molecule has 1 unspecified atom stereocenters. The van der Waals surface area contributed by atoms with Crippen LogP contribution in [0.25, 0.3) is 50.0 Å². The van der Waals surface area contributed by atoms with Gasteiger partial charge >= 0.3 is 5.97 Å². The molecule has 58 heavy (non-hydrogen) atoms. The third kappa shape index (κ3) is 6.70. The van der Waals surface area contributed by atoms with Crippen LogP contribution in [0.15, 0.2) is 206 Å². The van der Waals surface area contributed by atoms with Gasteiger partial charge < -0.3 is 14.7 Å². The van der Waals surface area contributed by atoms with Crippen LogP contribution < -0.4 is 9.64 Å². The summed E-state index contributed by atoms with van der Waals surface area (Å²) in [6.45, 7) is 7.15. The number of hydrogen-bond acceptors (Lipinski definition) is 3. The second-order valence-corrected chi connectivity index (χ2v) is 14.1. The fourth-order valence-corrected chi connectivity index (χ4v) is 7.78. The molecule has 5 heteroatoms. The van der Waals surface area contributed by atoms with Crippen molar-refractivity contribution in [2.45, 2.75) is 5.60 Å². The Kier molecular flexibility index (Phi) is 9.43. The average Bonchev–Trinajstić information content (AvgIpc) is 3.29. The number of benzene rings is 8. The van der Waals surface area contributed by atoms with Crippen molar-refractivity contribution >= 4 is 46.0 Å². The molecule has 1 N–H and O–H groups in total. The van der Waals surface area contributed by atoms with Gasteiger partial charge in [-0.1, -0.05) is 158 Å². The summed E-state index contributed by atoms with van der Waals surface area (Å²) >= 11 is 0. The highest BCUT2D eigenvalue weighted by atomic mass is 16.5. The third-order valence-corrected chi connectivity index (χ3v) is 10.7. The number of carbonyl (C=O) groups is 1. The molecule has 276 valence electrons. The van der Waals surface area contributed by atoms with Crippen LogP contribution in [0.5, 0.6) is 5.75 Å². The zero-order chi connectivity index (χ0) is 39.5. The normalized spacial score (nSPS) is 14.6. The predicted octanol–water partition coefficient (Wildman–Crippen LogP) is 13.3. The monoisotopic (exact) mass is 748 g/mol. The molecule has 0 fully saturated rings. The van der Waals surface area contributed by atoms with E-state index >= 15 is 0 Å². The zero-order valence-electron chi connectivity index (χ0n) is 31.4. The molecule has 9 rings (SSSR count). The molecule has 0 spiro atoms. The number of rotatable bonds is 9. The maximum Gasteiger partial charge on any atom is 0.333 e. The number of anilines is 3. The molecule has 1 heterocycles. The molecule has 0 amide bonds. The van der Waals surface area contributed by atoms with Crippen LogP contribution in [-0.2, 0) is 10.4 Å². The SMILES string of the molecule is [C-]#[N+]/C(=C/c1ccc(-c2ccc(C3(c4ccccc4)C=Cc4cc(-c5ccc(N(c6ccccc6)c6ccccc6)cc5)c5ccccc5c4O3)cc2)cc1)C(=O)O. The van der Waals surface area contributed by atoms with Gasteiger partial charge in [0.1, 0.15) is 5.75 Å². The van der Waals surface area contributed by atoms with E-state index < -0.39 is 11.6 Å². The van der Waals surface area contributed by atoms with Gasteiger partial charge in [0, 0.05) is 39.1 Å². The van der Waals surface area contributed by atoms with Crippen LogP contribution >= 0.6 is 0 Å². The number of carboxylic acid groups (broad SMARTS) is 1. The van der Waals surface area contributed by atoms with Crippen molar-refractivity contribution in [3.63, 3.8) is 0 Å². The van der Waals surface area contributed by atoms with E-state index in [-0.39, 0.29) is 5.70 Å². The molecule has 0 aromatic heterocycles. The highest BCUT2D eigenvalue weighted by Crippen LogP contribution is 2.48. The molecule has 0 saturated carbocycles. The minimum Gasteiger partial charge on any atom is -0.486 e. The number of fused-ring (bicyclic) bond motifs is 3. The quantitative estimate of drug-likeness (QED) is 0.118. The zero-order valence-corrected chi connectivity index (χ0v) is 31.4. The Hall–Kier alpha value is -7.94. The lowest BCUT2D eigenvalue weighted by molar-refractivity contribution is -0.132. The average molecular weight is 749 g/mol. The standard InChI is InChI=1S/C53H36N2O3/c1-54-50(52(56)57)35-37-21-23-38(24-22-37)39-25-29-43(30-26-39)53(42-13-5-2-6-14-42)34-33-41-36-49(47-19-11-12-20-48(47)51(41)58-53)40-27-31-46(32-28-40)55(44-15-7-3-8-16-44)45-17-9-4-10-18-45/h2-36H,(H,56,57)/b50-35+. The maximum absolute atomic E-state index is 11.3. The number of ether oxygens (including phenoxy) is 1. The van der Waals surface area contributed by atoms with Gasteiger partial charge in [-0.05, 0) is 87.8 Å². The van der Waals surface area contributed by atoms with Gasteiger partial charge in [0.25, 0.3) is 5.70 Å². The number of hydrogen-bond donors (Lipinski definition) is 1. The Morgan fingerprint density at radius 2 is 1.09 bits per heavy atom. The van der Waals surface area contributed by atoms with E-state index in [1.807, 2.05) is 54.6 Å². The molecule has 8 aromatic rings. The Bertz CT molecular complexity index is 2820. The second-order valence-electron chi connectivity index (χ2n) is 14.1. The Labute approximate surface area is 337 Å². The number of para-hydroxylation sites is 2. The molecule has 1 aliphatic heterocycles. The third-order valence-electron chi connectivity index (χ3n) is 10.7. The van der Waals surface area contributed by atoms with E-state index in [0.29, 0.717) is 5.56 Å². The lowest BCUT2D eigenvalue weighted by atomic mass is 9.82. The summed E-state index contributed by atoms with van der Waals surface area (Å²) in [5.74, 6) is -0.410. The van der Waals surface area contributed by atoms with Crippen molar-refractivity contribution in [3.05, 3.63) is 240 Å². The topological polar surface area (TPSA) is 54.1 Å². The van der Waals surface area contributed by atoms with Crippen molar-refractivity contribution < 1.29 is 14.6 Å². The smallest absolute Gasteiger partial charge is 0.333 e. The van der Waals surface area contributed by atoms with Gasteiger partial charge in [-0.25, -0.2) is 4.85 Å². The van der Waals surface area contributed by atoms with Crippen LogP contribution in [0, 0.1) is 6.57 Å². The summed E-state index contributed by atoms with van der Waals surface area (Å²) in [6, 6.07) is 66.6. The molecule has 5 nitrogen and oxygen atoms in total. The van der Waals surface area contributed by atoms with Crippen LogP contribution in [0.3, 0.4) is 0 Å². The van der Waals surface area contributed by atoms with Gasteiger partial charge in [0.05, 0.1) is 6.57 Å². The molecule has 0 radical (unpaired) electrons. The first-order chi connectivity index (χ1) is 28.5. The van der Waals surface area contributed by atoms with Gasteiger partial charge in [0.2, 0.25) is 0 Å². The maximum atomic E-state index is 11.3.